The molecule has 0 amide bonds. The molecule has 1 atom stereocenters. The zero-order chi connectivity index (χ0) is 13.0. The minimum atomic E-state index is 0.518. The summed E-state index contributed by atoms with van der Waals surface area (Å²) in [5.74, 6) is 0. The molecule has 96 valence electrons. The minimum Gasteiger partial charge on any atom is -0.292 e. The highest BCUT2D eigenvalue weighted by Gasteiger charge is 2.30. The summed E-state index contributed by atoms with van der Waals surface area (Å²) in [5.41, 5.74) is 4.24. The Hall–Kier alpha value is -1.34. The first-order valence-electron chi connectivity index (χ1n) is 6.86. The third kappa shape index (κ3) is 2.73. The van der Waals surface area contributed by atoms with Crippen LogP contribution in [0.2, 0.25) is 0 Å². The molecule has 2 rings (SSSR count). The quantitative estimate of drug-likeness (QED) is 0.718. The van der Waals surface area contributed by atoms with E-state index in [9.17, 15) is 0 Å². The first-order valence-corrected chi connectivity index (χ1v) is 6.86. The average Bonchev–Trinajstić information content (AvgIpc) is 2.97. The fourth-order valence-corrected chi connectivity index (χ4v) is 2.77. The van der Waals surface area contributed by atoms with Crippen molar-refractivity contribution >= 4 is 0 Å². The Morgan fingerprint density at radius 3 is 2.94 bits per heavy atom. The number of likely N-dealkylation sites (N-methyl/N-ethyl adjacent to an activating group) is 1. The van der Waals surface area contributed by atoms with Crippen LogP contribution in [0.15, 0.2) is 59.8 Å². The van der Waals surface area contributed by atoms with E-state index >= 15 is 0 Å². The molecule has 1 saturated heterocycles. The third-order valence-electron chi connectivity index (χ3n) is 3.78. The fourth-order valence-electron chi connectivity index (χ4n) is 2.77. The van der Waals surface area contributed by atoms with E-state index in [-0.39, 0.29) is 0 Å². The largest absolute Gasteiger partial charge is 0.292 e. The summed E-state index contributed by atoms with van der Waals surface area (Å²) >= 11 is 0. The maximum absolute atomic E-state index is 4.23. The van der Waals surface area contributed by atoms with E-state index < -0.39 is 0 Å². The second kappa shape index (κ2) is 6.01. The van der Waals surface area contributed by atoms with Gasteiger partial charge in [-0.2, -0.15) is 0 Å². The van der Waals surface area contributed by atoms with Gasteiger partial charge in [-0.25, -0.2) is 0 Å². The van der Waals surface area contributed by atoms with E-state index in [1.807, 2.05) is 0 Å². The van der Waals surface area contributed by atoms with E-state index in [0.717, 1.165) is 25.9 Å². The summed E-state index contributed by atoms with van der Waals surface area (Å²) in [4.78, 5) is 2.52. The Kier molecular flexibility index (Phi) is 4.38. The number of hydrogen-bond donors (Lipinski definition) is 0. The molecule has 0 spiro atoms. The van der Waals surface area contributed by atoms with Crippen LogP contribution in [-0.2, 0) is 0 Å². The molecule has 0 saturated carbocycles. The Bertz CT molecular complexity index is 435. The molecular weight excluding hydrogens is 218 g/mol. The van der Waals surface area contributed by atoms with Crippen molar-refractivity contribution in [2.24, 2.45) is 0 Å². The molecule has 0 aromatic heterocycles. The van der Waals surface area contributed by atoms with Gasteiger partial charge in [0.1, 0.15) is 0 Å². The average molecular weight is 241 g/mol. The Balaban J connectivity index is 2.17. The molecule has 0 aromatic rings. The first kappa shape index (κ1) is 13.1. The van der Waals surface area contributed by atoms with Gasteiger partial charge in [0, 0.05) is 12.6 Å². The van der Waals surface area contributed by atoms with Crippen molar-refractivity contribution in [1.82, 2.24) is 4.90 Å². The Morgan fingerprint density at radius 2 is 2.33 bits per heavy atom. The molecule has 1 fully saturated rings. The van der Waals surface area contributed by atoms with E-state index in [4.69, 9.17) is 0 Å². The number of likely N-dealkylation sites (tertiary alicyclic amines) is 1. The van der Waals surface area contributed by atoms with E-state index in [1.165, 1.54) is 11.1 Å². The molecule has 0 N–H and O–H groups in total. The molecule has 2 aliphatic rings. The van der Waals surface area contributed by atoms with Crippen LogP contribution in [0.4, 0.5) is 0 Å². The van der Waals surface area contributed by atoms with Crippen LogP contribution >= 0.6 is 0 Å². The zero-order valence-electron chi connectivity index (χ0n) is 11.5. The van der Waals surface area contributed by atoms with E-state index in [1.54, 1.807) is 5.57 Å². The lowest BCUT2D eigenvalue weighted by atomic mass is 9.96. The highest BCUT2D eigenvalue weighted by molar-refractivity contribution is 5.43. The maximum atomic E-state index is 4.23. The minimum absolute atomic E-state index is 0.518. The van der Waals surface area contributed by atoms with Crippen molar-refractivity contribution in [3.05, 3.63) is 59.8 Å². The number of nitrogens with zero attached hydrogens (tertiary/aromatic N) is 1. The number of allylic oxidation sites excluding steroid dienone is 6. The van der Waals surface area contributed by atoms with Gasteiger partial charge in [0.05, 0.1) is 0 Å². The summed E-state index contributed by atoms with van der Waals surface area (Å²) in [6.45, 7) is 10.6. The lowest BCUT2D eigenvalue weighted by Crippen LogP contribution is -2.30. The first-order chi connectivity index (χ1) is 8.76. The topological polar surface area (TPSA) is 3.24 Å². The van der Waals surface area contributed by atoms with Gasteiger partial charge in [0.15, 0.2) is 0 Å². The monoisotopic (exact) mass is 241 g/mol. The van der Waals surface area contributed by atoms with Crippen molar-refractivity contribution in [3.63, 3.8) is 0 Å². The normalized spacial score (nSPS) is 26.8. The predicted molar refractivity (Wildman–Crippen MR) is 79.5 cm³/mol. The maximum Gasteiger partial charge on any atom is 0.0391 e. The molecule has 18 heavy (non-hydrogen) atoms. The summed E-state index contributed by atoms with van der Waals surface area (Å²) in [5, 5.41) is 0. The molecule has 0 aromatic carbocycles. The van der Waals surface area contributed by atoms with Crippen molar-refractivity contribution in [2.75, 3.05) is 13.1 Å². The third-order valence-corrected chi connectivity index (χ3v) is 3.78. The van der Waals surface area contributed by atoms with Gasteiger partial charge in [-0.15, -0.1) is 0 Å². The number of hydrogen-bond acceptors (Lipinski definition) is 1. The Morgan fingerprint density at radius 1 is 1.50 bits per heavy atom. The van der Waals surface area contributed by atoms with Crippen LogP contribution in [0.3, 0.4) is 0 Å². The Labute approximate surface area is 111 Å². The lowest BCUT2D eigenvalue weighted by Gasteiger charge is -2.23. The van der Waals surface area contributed by atoms with Crippen LogP contribution in [0.5, 0.6) is 0 Å². The van der Waals surface area contributed by atoms with Gasteiger partial charge in [0.25, 0.3) is 0 Å². The molecule has 1 aliphatic carbocycles. The predicted octanol–water partition coefficient (Wildman–Crippen LogP) is 4.03. The van der Waals surface area contributed by atoms with Crippen LogP contribution in [-0.4, -0.2) is 24.0 Å². The molecule has 0 radical (unpaired) electrons. The van der Waals surface area contributed by atoms with Crippen molar-refractivity contribution < 1.29 is 0 Å². The smallest absolute Gasteiger partial charge is 0.0391 e. The SMILES string of the molecule is C=C1CN(CC)C(CC2=CC=CC2)C1=CC=CC. The van der Waals surface area contributed by atoms with E-state index in [2.05, 4.69) is 61.8 Å². The molecule has 1 aliphatic heterocycles. The fraction of sp³-hybridized carbons (Fsp3) is 0.412. The van der Waals surface area contributed by atoms with Crippen molar-refractivity contribution in [3.8, 4) is 0 Å². The van der Waals surface area contributed by atoms with Crippen LogP contribution in [0.25, 0.3) is 0 Å². The molecular formula is C17H23N. The summed E-state index contributed by atoms with van der Waals surface area (Å²) in [6, 6.07) is 0.518. The highest BCUT2D eigenvalue weighted by Crippen LogP contribution is 2.33. The van der Waals surface area contributed by atoms with Crippen molar-refractivity contribution in [2.45, 2.75) is 32.7 Å². The lowest BCUT2D eigenvalue weighted by molar-refractivity contribution is 0.286. The van der Waals surface area contributed by atoms with Gasteiger partial charge in [-0.3, -0.25) is 4.90 Å². The van der Waals surface area contributed by atoms with E-state index in [0.29, 0.717) is 6.04 Å². The van der Waals surface area contributed by atoms with Crippen molar-refractivity contribution in [1.29, 1.82) is 0 Å². The molecule has 1 heteroatoms. The molecule has 1 nitrogen and oxygen atoms in total. The molecule has 1 unspecified atom stereocenters. The zero-order valence-corrected chi connectivity index (χ0v) is 11.5. The van der Waals surface area contributed by atoms with Crippen LogP contribution in [0, 0.1) is 0 Å². The molecule has 1 heterocycles. The van der Waals surface area contributed by atoms with Gasteiger partial charge >= 0.3 is 0 Å². The van der Waals surface area contributed by atoms with Gasteiger partial charge in [-0.1, -0.05) is 55.5 Å². The van der Waals surface area contributed by atoms with Crippen LogP contribution in [0.1, 0.15) is 26.7 Å². The second-order valence-electron chi connectivity index (χ2n) is 4.99. The second-order valence-corrected chi connectivity index (χ2v) is 4.99. The van der Waals surface area contributed by atoms with Gasteiger partial charge in [0.2, 0.25) is 0 Å². The van der Waals surface area contributed by atoms with Gasteiger partial charge in [-0.05, 0) is 37.5 Å². The summed E-state index contributed by atoms with van der Waals surface area (Å²) in [6.07, 6.45) is 15.4. The number of rotatable bonds is 4. The summed E-state index contributed by atoms with van der Waals surface area (Å²) in [7, 11) is 0. The standard InChI is InChI=1S/C17H23N/c1-4-6-11-16-14(3)13-18(5-2)17(16)12-15-9-7-8-10-15/h4,6-9,11,17H,3,5,10,12-13H2,1-2H3. The van der Waals surface area contributed by atoms with Crippen LogP contribution < -0.4 is 0 Å². The highest BCUT2D eigenvalue weighted by atomic mass is 15.2. The molecule has 0 bridgehead atoms. The summed E-state index contributed by atoms with van der Waals surface area (Å²) < 4.78 is 0. The van der Waals surface area contributed by atoms with Gasteiger partial charge < -0.3 is 0 Å².